The summed E-state index contributed by atoms with van der Waals surface area (Å²) in [5.74, 6) is -0.959. The second-order valence-corrected chi connectivity index (χ2v) is 5.65. The molecule has 0 rings (SSSR count). The van der Waals surface area contributed by atoms with Crippen molar-refractivity contribution in [1.82, 2.24) is 10.2 Å². The molecule has 1 unspecified atom stereocenters. The van der Waals surface area contributed by atoms with Gasteiger partial charge in [-0.2, -0.15) is 0 Å². The van der Waals surface area contributed by atoms with Crippen LogP contribution in [0.4, 0.5) is 0 Å². The molecule has 0 spiro atoms. The molecule has 0 aliphatic carbocycles. The number of rotatable bonds is 5. The SMILES string of the molecule is CC(NC(C)(C)C(C)(C)C(=O)O)C(=O)N(C)C. The van der Waals surface area contributed by atoms with E-state index in [2.05, 4.69) is 5.32 Å². The van der Waals surface area contributed by atoms with Crippen LogP contribution in [-0.2, 0) is 9.59 Å². The Kier molecular flexibility index (Phi) is 4.71. The summed E-state index contributed by atoms with van der Waals surface area (Å²) in [5.41, 5.74) is -1.65. The number of carbonyl (C=O) groups is 2. The van der Waals surface area contributed by atoms with Gasteiger partial charge in [0, 0.05) is 19.6 Å². The van der Waals surface area contributed by atoms with Crippen LogP contribution in [0.2, 0.25) is 0 Å². The minimum Gasteiger partial charge on any atom is -0.481 e. The van der Waals surface area contributed by atoms with Gasteiger partial charge < -0.3 is 10.0 Å². The van der Waals surface area contributed by atoms with Crippen LogP contribution in [0.15, 0.2) is 0 Å². The highest BCUT2D eigenvalue weighted by Gasteiger charge is 2.44. The van der Waals surface area contributed by atoms with E-state index >= 15 is 0 Å². The Balaban J connectivity index is 4.88. The van der Waals surface area contributed by atoms with E-state index < -0.39 is 23.0 Å². The van der Waals surface area contributed by atoms with E-state index in [9.17, 15) is 14.7 Å². The molecule has 17 heavy (non-hydrogen) atoms. The molecule has 5 nitrogen and oxygen atoms in total. The Hall–Kier alpha value is -1.10. The van der Waals surface area contributed by atoms with Crippen molar-refractivity contribution in [3.8, 4) is 0 Å². The largest absolute Gasteiger partial charge is 0.481 e. The number of hydrogen-bond donors (Lipinski definition) is 2. The van der Waals surface area contributed by atoms with E-state index in [1.165, 1.54) is 4.90 Å². The Morgan fingerprint density at radius 3 is 1.88 bits per heavy atom. The summed E-state index contributed by atoms with van der Waals surface area (Å²) in [6, 6.07) is -0.418. The van der Waals surface area contributed by atoms with E-state index in [4.69, 9.17) is 0 Å². The predicted molar refractivity (Wildman–Crippen MR) is 66.8 cm³/mol. The molecular weight excluding hydrogens is 220 g/mol. The van der Waals surface area contributed by atoms with Crippen molar-refractivity contribution < 1.29 is 14.7 Å². The lowest BCUT2D eigenvalue weighted by Gasteiger charge is -2.41. The first kappa shape index (κ1) is 15.9. The lowest BCUT2D eigenvalue weighted by atomic mass is 9.74. The summed E-state index contributed by atoms with van der Waals surface area (Å²) in [6.07, 6.45) is 0. The quantitative estimate of drug-likeness (QED) is 0.755. The molecule has 0 saturated heterocycles. The third-order valence-corrected chi connectivity index (χ3v) is 3.49. The number of carbonyl (C=O) groups excluding carboxylic acids is 1. The molecule has 0 aromatic carbocycles. The van der Waals surface area contributed by atoms with E-state index in [0.717, 1.165) is 0 Å². The third kappa shape index (κ3) is 3.43. The molecule has 0 aliphatic rings. The first-order chi connectivity index (χ1) is 7.43. The van der Waals surface area contributed by atoms with Gasteiger partial charge in [-0.15, -0.1) is 0 Å². The van der Waals surface area contributed by atoms with Crippen molar-refractivity contribution in [3.63, 3.8) is 0 Å². The second kappa shape index (κ2) is 5.04. The number of likely N-dealkylation sites (N-methyl/N-ethyl adjacent to an activating group) is 1. The maximum Gasteiger partial charge on any atom is 0.310 e. The monoisotopic (exact) mass is 244 g/mol. The highest BCUT2D eigenvalue weighted by Crippen LogP contribution is 2.31. The smallest absolute Gasteiger partial charge is 0.310 e. The molecule has 2 N–H and O–H groups in total. The number of nitrogens with one attached hydrogen (secondary N) is 1. The van der Waals surface area contributed by atoms with Gasteiger partial charge in [-0.05, 0) is 34.6 Å². The highest BCUT2D eigenvalue weighted by atomic mass is 16.4. The predicted octanol–water partition coefficient (Wildman–Crippen LogP) is 0.942. The standard InChI is InChI=1S/C12H24N2O3/c1-8(9(15)14(6)7)13-12(4,5)11(2,3)10(16)17/h8,13H,1-7H3,(H,16,17). The zero-order valence-electron chi connectivity index (χ0n) is 11.8. The number of nitrogens with zero attached hydrogens (tertiary/aromatic N) is 1. The molecule has 0 aromatic rings. The topological polar surface area (TPSA) is 69.6 Å². The molecule has 0 radical (unpaired) electrons. The van der Waals surface area contributed by atoms with Gasteiger partial charge in [0.15, 0.2) is 0 Å². The molecule has 0 fully saturated rings. The summed E-state index contributed by atoms with van der Waals surface area (Å²) < 4.78 is 0. The maximum atomic E-state index is 11.7. The average molecular weight is 244 g/mol. The first-order valence-electron chi connectivity index (χ1n) is 5.65. The van der Waals surface area contributed by atoms with E-state index in [1.54, 1.807) is 48.7 Å². The van der Waals surface area contributed by atoms with Crippen molar-refractivity contribution >= 4 is 11.9 Å². The van der Waals surface area contributed by atoms with Crippen molar-refractivity contribution in [2.45, 2.75) is 46.2 Å². The van der Waals surface area contributed by atoms with Crippen LogP contribution in [0.1, 0.15) is 34.6 Å². The van der Waals surface area contributed by atoms with Crippen LogP contribution < -0.4 is 5.32 Å². The summed E-state index contributed by atoms with van der Waals surface area (Å²) >= 11 is 0. The fourth-order valence-corrected chi connectivity index (χ4v) is 1.44. The number of carboxylic acid groups (broad SMARTS) is 1. The van der Waals surface area contributed by atoms with Crippen LogP contribution in [-0.4, -0.2) is 47.6 Å². The van der Waals surface area contributed by atoms with Gasteiger partial charge in [0.05, 0.1) is 11.5 Å². The van der Waals surface area contributed by atoms with Gasteiger partial charge in [0.1, 0.15) is 0 Å². The van der Waals surface area contributed by atoms with Gasteiger partial charge in [0.25, 0.3) is 0 Å². The van der Waals surface area contributed by atoms with Gasteiger partial charge in [-0.1, -0.05) is 0 Å². The minimum atomic E-state index is -0.964. The molecule has 5 heteroatoms. The highest BCUT2D eigenvalue weighted by molar-refractivity contribution is 5.81. The van der Waals surface area contributed by atoms with E-state index in [0.29, 0.717) is 0 Å². The summed E-state index contributed by atoms with van der Waals surface area (Å²) in [7, 11) is 3.35. The van der Waals surface area contributed by atoms with Gasteiger partial charge in [-0.25, -0.2) is 0 Å². The van der Waals surface area contributed by atoms with E-state index in [-0.39, 0.29) is 5.91 Å². The Bertz CT molecular complexity index is 309. The lowest BCUT2D eigenvalue weighted by Crippen LogP contribution is -2.60. The number of carboxylic acids is 1. The summed E-state index contributed by atoms with van der Waals surface area (Å²) in [4.78, 5) is 24.4. The van der Waals surface area contributed by atoms with Crippen LogP contribution in [0.3, 0.4) is 0 Å². The van der Waals surface area contributed by atoms with Crippen LogP contribution in [0, 0.1) is 5.41 Å². The Morgan fingerprint density at radius 2 is 1.59 bits per heavy atom. The van der Waals surface area contributed by atoms with Crippen LogP contribution >= 0.6 is 0 Å². The number of amides is 1. The molecule has 0 saturated carbocycles. The summed E-state index contributed by atoms with van der Waals surface area (Å²) in [6.45, 7) is 8.62. The van der Waals surface area contributed by atoms with E-state index in [1.807, 2.05) is 0 Å². The normalized spacial score (nSPS) is 14.3. The molecule has 0 aromatic heterocycles. The molecular formula is C12H24N2O3. The molecule has 1 atom stereocenters. The summed E-state index contributed by atoms with van der Waals surface area (Å²) in [5, 5.41) is 12.3. The second-order valence-electron chi connectivity index (χ2n) is 5.65. The fraction of sp³-hybridized carbons (Fsp3) is 0.833. The van der Waals surface area contributed by atoms with Crippen LogP contribution in [0.25, 0.3) is 0 Å². The van der Waals surface area contributed by atoms with Gasteiger partial charge in [0.2, 0.25) is 5.91 Å². The zero-order valence-corrected chi connectivity index (χ0v) is 11.8. The van der Waals surface area contributed by atoms with Crippen LogP contribution in [0.5, 0.6) is 0 Å². The third-order valence-electron chi connectivity index (χ3n) is 3.49. The molecule has 0 aliphatic heterocycles. The fourth-order valence-electron chi connectivity index (χ4n) is 1.44. The minimum absolute atomic E-state index is 0.0701. The number of aliphatic carboxylic acids is 1. The number of hydrogen-bond acceptors (Lipinski definition) is 3. The Morgan fingerprint density at radius 1 is 1.18 bits per heavy atom. The first-order valence-corrected chi connectivity index (χ1v) is 5.65. The lowest BCUT2D eigenvalue weighted by molar-refractivity contribution is -0.152. The van der Waals surface area contributed by atoms with Crippen molar-refractivity contribution in [2.75, 3.05) is 14.1 Å². The Labute approximate surface area is 103 Å². The molecule has 0 bridgehead atoms. The van der Waals surface area contributed by atoms with Gasteiger partial charge >= 0.3 is 5.97 Å². The van der Waals surface area contributed by atoms with Crippen molar-refractivity contribution in [3.05, 3.63) is 0 Å². The van der Waals surface area contributed by atoms with Gasteiger partial charge in [-0.3, -0.25) is 14.9 Å². The molecule has 100 valence electrons. The average Bonchev–Trinajstić information content (AvgIpc) is 2.14. The molecule has 0 heterocycles. The maximum absolute atomic E-state index is 11.7. The zero-order chi connectivity index (χ0) is 14.0. The molecule has 1 amide bonds. The van der Waals surface area contributed by atoms with Crippen molar-refractivity contribution in [2.24, 2.45) is 5.41 Å². The van der Waals surface area contributed by atoms with Crippen molar-refractivity contribution in [1.29, 1.82) is 0 Å².